The van der Waals surface area contributed by atoms with Gasteiger partial charge >= 0.3 is 7.25 Å². The van der Waals surface area contributed by atoms with Crippen molar-refractivity contribution in [1.82, 2.24) is 0 Å². The minimum absolute atomic E-state index is 1.04. The van der Waals surface area contributed by atoms with Gasteiger partial charge in [-0.3, -0.25) is 0 Å². The van der Waals surface area contributed by atoms with Gasteiger partial charge in [-0.05, 0) is 42.0 Å². The van der Waals surface area contributed by atoms with E-state index < -0.39 is 14.5 Å². The fourth-order valence-corrected chi connectivity index (χ4v) is 10.2. The first-order chi connectivity index (χ1) is 15.9. The summed E-state index contributed by atoms with van der Waals surface area (Å²) in [6, 6.07) is 44.1. The lowest BCUT2D eigenvalue weighted by molar-refractivity contribution is 0.368. The molecule has 4 aromatic carbocycles. The van der Waals surface area contributed by atoms with Crippen LogP contribution < -0.4 is 15.9 Å². The van der Waals surface area contributed by atoms with E-state index in [9.17, 15) is 17.3 Å². The Bertz CT molecular complexity index is 976. The summed E-state index contributed by atoms with van der Waals surface area (Å²) < 4.78 is 39.0. The van der Waals surface area contributed by atoms with Crippen molar-refractivity contribution in [2.24, 2.45) is 0 Å². The molecule has 0 N–H and O–H groups in total. The Balaban J connectivity index is 0.000000555. The van der Waals surface area contributed by atoms with E-state index in [1.165, 1.54) is 21.5 Å². The summed E-state index contributed by atoms with van der Waals surface area (Å²) in [6.07, 6.45) is 0. The zero-order valence-electron chi connectivity index (χ0n) is 17.9. The second kappa shape index (κ2) is 12.1. The van der Waals surface area contributed by atoms with Crippen LogP contribution in [-0.4, -0.2) is 12.7 Å². The molecule has 0 aromatic heterocycles. The molecule has 0 amide bonds. The first kappa shape index (κ1) is 25.1. The number of hydrogen-bond donors (Lipinski definition) is 0. The first-order valence-corrected chi connectivity index (χ1v) is 13.6. The molecule has 0 saturated carbocycles. The molecule has 0 fully saturated rings. The summed E-state index contributed by atoms with van der Waals surface area (Å²) in [6.45, 7) is 0. The second-order valence-electron chi connectivity index (χ2n) is 7.27. The van der Waals surface area contributed by atoms with Crippen molar-refractivity contribution < 1.29 is 17.3 Å². The Kier molecular flexibility index (Phi) is 9.16. The van der Waals surface area contributed by atoms with Crippen LogP contribution in [0.2, 0.25) is 0 Å². The normalized spacial score (nSPS) is 11.4. The molecule has 0 bridgehead atoms. The van der Waals surface area contributed by atoms with Gasteiger partial charge in [0.15, 0.2) is 0 Å². The maximum atomic E-state index is 9.75. The Hall–Kier alpha value is -2.56. The number of rotatable bonds is 7. The van der Waals surface area contributed by atoms with Crippen molar-refractivity contribution in [2.75, 3.05) is 5.49 Å². The molecule has 0 unspecified atom stereocenters. The van der Waals surface area contributed by atoms with Gasteiger partial charge in [-0.15, -0.1) is 11.8 Å². The topological polar surface area (TPSA) is 0 Å². The van der Waals surface area contributed by atoms with Crippen molar-refractivity contribution in [3.05, 3.63) is 127 Å². The fourth-order valence-electron chi connectivity index (χ4n) is 3.59. The number of benzene rings is 4. The van der Waals surface area contributed by atoms with Gasteiger partial charge in [0.1, 0.15) is 28.7 Å². The third-order valence-corrected chi connectivity index (χ3v) is 11.3. The van der Waals surface area contributed by atoms with Crippen LogP contribution in [0.25, 0.3) is 0 Å². The molecular weight excluding hydrogens is 462 g/mol. The molecular formula is C26H24BF4PS. The predicted molar refractivity (Wildman–Crippen MR) is 138 cm³/mol. The maximum Gasteiger partial charge on any atom is 0.673 e. The number of hydrogen-bond acceptors (Lipinski definition) is 1. The molecule has 0 aliphatic carbocycles. The molecule has 0 radical (unpaired) electrons. The Morgan fingerprint density at radius 1 is 0.515 bits per heavy atom. The molecule has 7 heteroatoms. The molecule has 4 rings (SSSR count). The van der Waals surface area contributed by atoms with Crippen molar-refractivity contribution in [2.45, 2.75) is 5.75 Å². The van der Waals surface area contributed by atoms with E-state index in [1.54, 1.807) is 0 Å². The quantitative estimate of drug-likeness (QED) is 0.152. The Labute approximate surface area is 197 Å². The van der Waals surface area contributed by atoms with E-state index in [-0.39, 0.29) is 0 Å². The lowest BCUT2D eigenvalue weighted by atomic mass is 10.2. The van der Waals surface area contributed by atoms with Gasteiger partial charge in [-0.2, -0.15) is 0 Å². The van der Waals surface area contributed by atoms with Crippen LogP contribution in [-0.2, 0) is 5.75 Å². The highest BCUT2D eigenvalue weighted by molar-refractivity contribution is 8.12. The molecule has 0 heterocycles. The van der Waals surface area contributed by atoms with Gasteiger partial charge < -0.3 is 17.3 Å². The molecule has 0 spiro atoms. The zero-order chi connectivity index (χ0) is 23.6. The fraction of sp³-hybridized carbons (Fsp3) is 0.0769. The Morgan fingerprint density at radius 2 is 0.818 bits per heavy atom. The van der Waals surface area contributed by atoms with Gasteiger partial charge in [-0.25, -0.2) is 0 Å². The third kappa shape index (κ3) is 7.48. The van der Waals surface area contributed by atoms with Gasteiger partial charge in [0.2, 0.25) is 0 Å². The maximum absolute atomic E-state index is 9.75. The highest BCUT2D eigenvalue weighted by Crippen LogP contribution is 2.57. The summed E-state index contributed by atoms with van der Waals surface area (Å²) >= 11 is 2.05. The van der Waals surface area contributed by atoms with Crippen molar-refractivity contribution in [3.63, 3.8) is 0 Å². The third-order valence-electron chi connectivity index (χ3n) is 4.99. The molecule has 4 aromatic rings. The molecule has 0 atom stereocenters. The summed E-state index contributed by atoms with van der Waals surface area (Å²) in [4.78, 5) is 0. The Morgan fingerprint density at radius 3 is 1.15 bits per heavy atom. The second-order valence-corrected chi connectivity index (χ2v) is 12.2. The van der Waals surface area contributed by atoms with E-state index in [1.807, 2.05) is 11.8 Å². The predicted octanol–water partition coefficient (Wildman–Crippen LogP) is 7.17. The summed E-state index contributed by atoms with van der Waals surface area (Å²) in [7, 11) is -7.73. The standard InChI is InChI=1S/C26H24PS.BF4/c1-5-13-23(14-6-1)21-28-22-27(24-15-7-2-8-16-24,25-17-9-3-10-18-25)26-19-11-4-12-20-26;2-1(3,4)5/h1-20H,21-22H2;/q+1;-1. The molecule has 0 aliphatic heterocycles. The van der Waals surface area contributed by atoms with Crippen molar-refractivity contribution in [1.29, 1.82) is 0 Å². The van der Waals surface area contributed by atoms with Crippen molar-refractivity contribution >= 4 is 42.2 Å². The minimum atomic E-state index is -6.00. The molecule has 0 saturated heterocycles. The van der Waals surface area contributed by atoms with Crippen molar-refractivity contribution in [3.8, 4) is 0 Å². The van der Waals surface area contributed by atoms with Crippen LogP contribution in [0.1, 0.15) is 5.56 Å². The van der Waals surface area contributed by atoms with E-state index in [0.717, 1.165) is 11.2 Å². The highest BCUT2D eigenvalue weighted by atomic mass is 32.2. The van der Waals surface area contributed by atoms with E-state index >= 15 is 0 Å². The van der Waals surface area contributed by atoms with Crippen LogP contribution in [0.15, 0.2) is 121 Å². The average Bonchev–Trinajstić information content (AvgIpc) is 2.83. The number of halogens is 4. The van der Waals surface area contributed by atoms with Crippen LogP contribution in [0.5, 0.6) is 0 Å². The van der Waals surface area contributed by atoms with Crippen LogP contribution >= 0.6 is 19.0 Å². The molecule has 33 heavy (non-hydrogen) atoms. The monoisotopic (exact) mass is 486 g/mol. The van der Waals surface area contributed by atoms with Crippen LogP contribution in [0, 0.1) is 0 Å². The molecule has 0 nitrogen and oxygen atoms in total. The van der Waals surface area contributed by atoms with E-state index in [4.69, 9.17) is 0 Å². The first-order valence-electron chi connectivity index (χ1n) is 10.4. The van der Waals surface area contributed by atoms with E-state index in [2.05, 4.69) is 121 Å². The lowest BCUT2D eigenvalue weighted by Crippen LogP contribution is -2.32. The van der Waals surface area contributed by atoms with Gasteiger partial charge in [-0.1, -0.05) is 84.9 Å². The molecule has 170 valence electrons. The summed E-state index contributed by atoms with van der Waals surface area (Å²) in [5.41, 5.74) is 2.49. The summed E-state index contributed by atoms with van der Waals surface area (Å²) in [5, 5.41) is 4.36. The highest BCUT2D eigenvalue weighted by Gasteiger charge is 2.45. The zero-order valence-corrected chi connectivity index (χ0v) is 19.6. The van der Waals surface area contributed by atoms with Gasteiger partial charge in [0, 0.05) is 5.75 Å². The van der Waals surface area contributed by atoms with E-state index in [0.29, 0.717) is 0 Å². The van der Waals surface area contributed by atoms with Crippen LogP contribution in [0.3, 0.4) is 0 Å². The smallest absolute Gasteiger partial charge is 0.418 e. The lowest BCUT2D eigenvalue weighted by Gasteiger charge is -2.27. The summed E-state index contributed by atoms with van der Waals surface area (Å²) in [5.74, 6) is 1.04. The van der Waals surface area contributed by atoms with Gasteiger partial charge in [0.25, 0.3) is 0 Å². The molecule has 0 aliphatic rings. The average molecular weight is 486 g/mol. The largest absolute Gasteiger partial charge is 0.673 e. The number of thioether (sulfide) groups is 1. The van der Waals surface area contributed by atoms with Gasteiger partial charge in [0.05, 0.1) is 0 Å². The SMILES string of the molecule is F[B-](F)(F)F.c1ccc(CSC[P+](c2ccccc2)(c2ccccc2)c2ccccc2)cc1. The minimum Gasteiger partial charge on any atom is -0.418 e. The van der Waals surface area contributed by atoms with Crippen LogP contribution in [0.4, 0.5) is 17.3 Å².